The molecule has 0 spiro atoms. The molecule has 1 fully saturated rings. The second-order valence-corrected chi connectivity index (χ2v) is 4.30. The molecule has 15 heavy (non-hydrogen) atoms. The second kappa shape index (κ2) is 3.83. The van der Waals surface area contributed by atoms with Crippen LogP contribution in [0.4, 0.5) is 5.69 Å². The first-order valence-electron chi connectivity index (χ1n) is 5.27. The van der Waals surface area contributed by atoms with Crippen LogP contribution < -0.4 is 5.73 Å². The Balaban J connectivity index is 2.31. The van der Waals surface area contributed by atoms with Gasteiger partial charge in [0.1, 0.15) is 0 Å². The first-order chi connectivity index (χ1) is 7.12. The Morgan fingerprint density at radius 2 is 2.20 bits per heavy atom. The van der Waals surface area contributed by atoms with Gasteiger partial charge in [-0.25, -0.2) is 0 Å². The van der Waals surface area contributed by atoms with E-state index < -0.39 is 5.60 Å². The number of hydrogen-bond donors (Lipinski definition) is 2. The van der Waals surface area contributed by atoms with E-state index in [1.165, 1.54) is 0 Å². The van der Waals surface area contributed by atoms with Crippen molar-refractivity contribution < 1.29 is 9.84 Å². The summed E-state index contributed by atoms with van der Waals surface area (Å²) in [6.45, 7) is 3.16. The van der Waals surface area contributed by atoms with Gasteiger partial charge in [0.15, 0.2) is 0 Å². The van der Waals surface area contributed by atoms with Gasteiger partial charge < -0.3 is 15.6 Å². The average molecular weight is 207 g/mol. The third kappa shape index (κ3) is 1.85. The molecule has 0 radical (unpaired) electrons. The van der Waals surface area contributed by atoms with E-state index >= 15 is 0 Å². The third-order valence-corrected chi connectivity index (χ3v) is 3.23. The summed E-state index contributed by atoms with van der Waals surface area (Å²) >= 11 is 0. The second-order valence-electron chi connectivity index (χ2n) is 4.30. The van der Waals surface area contributed by atoms with E-state index in [2.05, 4.69) is 0 Å². The van der Waals surface area contributed by atoms with Crippen molar-refractivity contribution in [2.45, 2.75) is 18.9 Å². The number of benzene rings is 1. The van der Waals surface area contributed by atoms with Crippen LogP contribution in [0.5, 0.6) is 0 Å². The fourth-order valence-electron chi connectivity index (χ4n) is 2.16. The number of para-hydroxylation sites is 1. The largest absolute Gasteiger partial charge is 0.398 e. The molecule has 3 heteroatoms. The zero-order valence-electron chi connectivity index (χ0n) is 8.94. The van der Waals surface area contributed by atoms with Gasteiger partial charge in [-0.05, 0) is 19.4 Å². The number of anilines is 1. The van der Waals surface area contributed by atoms with Crippen molar-refractivity contribution in [3.05, 3.63) is 29.8 Å². The molecule has 0 amide bonds. The van der Waals surface area contributed by atoms with Crippen molar-refractivity contribution >= 4 is 5.69 Å². The van der Waals surface area contributed by atoms with E-state index in [-0.39, 0.29) is 5.92 Å². The first kappa shape index (κ1) is 10.5. The van der Waals surface area contributed by atoms with E-state index in [9.17, 15) is 5.11 Å². The van der Waals surface area contributed by atoms with E-state index in [0.29, 0.717) is 12.3 Å². The van der Waals surface area contributed by atoms with Crippen LogP contribution in [0.25, 0.3) is 0 Å². The molecule has 1 aliphatic heterocycles. The molecule has 1 aliphatic rings. The van der Waals surface area contributed by atoms with Crippen LogP contribution in [0.15, 0.2) is 24.3 Å². The maximum Gasteiger partial charge on any atom is 0.0939 e. The minimum atomic E-state index is -0.887. The Morgan fingerprint density at radius 1 is 1.47 bits per heavy atom. The monoisotopic (exact) mass is 207 g/mol. The van der Waals surface area contributed by atoms with Gasteiger partial charge in [0.05, 0.1) is 12.2 Å². The molecular weight excluding hydrogens is 190 g/mol. The standard InChI is InChI=1S/C12H17NO2/c1-12(14,9-6-7-15-8-9)10-4-2-3-5-11(10)13/h2-5,9,14H,6-8,13H2,1H3. The topological polar surface area (TPSA) is 55.5 Å². The zero-order chi connectivity index (χ0) is 10.9. The van der Waals surface area contributed by atoms with Crippen LogP contribution in [-0.4, -0.2) is 18.3 Å². The van der Waals surface area contributed by atoms with Crippen molar-refractivity contribution in [2.75, 3.05) is 18.9 Å². The van der Waals surface area contributed by atoms with E-state index in [1.54, 1.807) is 0 Å². The van der Waals surface area contributed by atoms with Crippen molar-refractivity contribution in [1.82, 2.24) is 0 Å². The minimum Gasteiger partial charge on any atom is -0.398 e. The molecule has 0 saturated carbocycles. The highest BCUT2D eigenvalue weighted by atomic mass is 16.5. The van der Waals surface area contributed by atoms with Gasteiger partial charge >= 0.3 is 0 Å². The molecule has 0 aromatic heterocycles. The zero-order valence-corrected chi connectivity index (χ0v) is 8.94. The highest BCUT2D eigenvalue weighted by molar-refractivity contribution is 5.49. The number of hydrogen-bond acceptors (Lipinski definition) is 3. The van der Waals surface area contributed by atoms with Crippen LogP contribution in [0.1, 0.15) is 18.9 Å². The molecule has 2 atom stereocenters. The summed E-state index contributed by atoms with van der Waals surface area (Å²) in [4.78, 5) is 0. The van der Waals surface area contributed by atoms with E-state index in [4.69, 9.17) is 10.5 Å². The minimum absolute atomic E-state index is 0.141. The Bertz CT molecular complexity index is 343. The fourth-order valence-corrected chi connectivity index (χ4v) is 2.16. The third-order valence-electron chi connectivity index (χ3n) is 3.23. The number of rotatable bonds is 2. The average Bonchev–Trinajstić information content (AvgIpc) is 2.71. The Kier molecular flexibility index (Phi) is 2.67. The molecule has 1 aromatic rings. The van der Waals surface area contributed by atoms with Gasteiger partial charge in [0.2, 0.25) is 0 Å². The lowest BCUT2D eigenvalue weighted by Gasteiger charge is -2.30. The smallest absolute Gasteiger partial charge is 0.0939 e. The van der Waals surface area contributed by atoms with Gasteiger partial charge in [-0.2, -0.15) is 0 Å². The quantitative estimate of drug-likeness (QED) is 0.723. The van der Waals surface area contributed by atoms with E-state index in [0.717, 1.165) is 18.6 Å². The summed E-state index contributed by atoms with van der Waals surface area (Å²) in [5.41, 5.74) is 6.44. The molecule has 0 aliphatic carbocycles. The molecule has 3 N–H and O–H groups in total. The summed E-state index contributed by atoms with van der Waals surface area (Å²) in [5, 5.41) is 10.5. The lowest BCUT2D eigenvalue weighted by Crippen LogP contribution is -2.32. The molecule has 1 heterocycles. The molecule has 1 saturated heterocycles. The summed E-state index contributed by atoms with van der Waals surface area (Å²) in [5.74, 6) is 0.141. The number of aliphatic hydroxyl groups is 1. The Hall–Kier alpha value is -1.06. The molecule has 2 rings (SSSR count). The van der Waals surface area contributed by atoms with Crippen LogP contribution in [0.2, 0.25) is 0 Å². The number of ether oxygens (including phenoxy) is 1. The molecular formula is C12H17NO2. The lowest BCUT2D eigenvalue weighted by molar-refractivity contribution is -0.00904. The predicted molar refractivity (Wildman–Crippen MR) is 59.4 cm³/mol. The maximum absolute atomic E-state index is 10.5. The van der Waals surface area contributed by atoms with Crippen LogP contribution >= 0.6 is 0 Å². The maximum atomic E-state index is 10.5. The number of nitrogen functional groups attached to an aromatic ring is 1. The van der Waals surface area contributed by atoms with Crippen LogP contribution in [-0.2, 0) is 10.3 Å². The first-order valence-corrected chi connectivity index (χ1v) is 5.27. The van der Waals surface area contributed by atoms with Crippen LogP contribution in [0, 0.1) is 5.92 Å². The van der Waals surface area contributed by atoms with Gasteiger partial charge in [0.25, 0.3) is 0 Å². The SMILES string of the molecule is CC(O)(c1ccccc1N)C1CCOC1. The van der Waals surface area contributed by atoms with E-state index in [1.807, 2.05) is 31.2 Å². The van der Waals surface area contributed by atoms with Crippen molar-refractivity contribution in [1.29, 1.82) is 0 Å². The molecule has 1 aromatic carbocycles. The summed E-state index contributed by atoms with van der Waals surface area (Å²) in [6, 6.07) is 7.48. The van der Waals surface area contributed by atoms with Crippen molar-refractivity contribution in [2.24, 2.45) is 5.92 Å². The van der Waals surface area contributed by atoms with Gasteiger partial charge in [-0.15, -0.1) is 0 Å². The van der Waals surface area contributed by atoms with Gasteiger partial charge in [0, 0.05) is 23.8 Å². The molecule has 82 valence electrons. The Labute approximate surface area is 89.9 Å². The predicted octanol–water partition coefficient (Wildman–Crippen LogP) is 1.51. The van der Waals surface area contributed by atoms with Crippen molar-refractivity contribution in [3.8, 4) is 0 Å². The number of nitrogens with two attached hydrogens (primary N) is 1. The molecule has 2 unspecified atom stereocenters. The van der Waals surface area contributed by atoms with Gasteiger partial charge in [-0.3, -0.25) is 0 Å². The summed E-state index contributed by atoms with van der Waals surface area (Å²) in [6.07, 6.45) is 0.890. The highest BCUT2D eigenvalue weighted by Gasteiger charge is 2.37. The Morgan fingerprint density at radius 3 is 2.80 bits per heavy atom. The lowest BCUT2D eigenvalue weighted by atomic mass is 9.81. The summed E-state index contributed by atoms with van der Waals surface area (Å²) < 4.78 is 5.30. The highest BCUT2D eigenvalue weighted by Crippen LogP contribution is 2.37. The van der Waals surface area contributed by atoms with Crippen molar-refractivity contribution in [3.63, 3.8) is 0 Å². The normalized spacial score (nSPS) is 25.1. The van der Waals surface area contributed by atoms with Crippen LogP contribution in [0.3, 0.4) is 0 Å². The summed E-state index contributed by atoms with van der Waals surface area (Å²) in [7, 11) is 0. The van der Waals surface area contributed by atoms with Gasteiger partial charge in [-0.1, -0.05) is 18.2 Å². The molecule has 0 bridgehead atoms. The fraction of sp³-hybridized carbons (Fsp3) is 0.500. The molecule has 3 nitrogen and oxygen atoms in total.